The van der Waals surface area contributed by atoms with Gasteiger partial charge in [0.15, 0.2) is 11.2 Å². The van der Waals surface area contributed by atoms with Crippen LogP contribution < -0.4 is 0 Å². The fraction of sp³-hybridized carbons (Fsp3) is 0.204. The van der Waals surface area contributed by atoms with Gasteiger partial charge in [0.2, 0.25) is 5.89 Å². The van der Waals surface area contributed by atoms with Crippen molar-refractivity contribution in [3.05, 3.63) is 132 Å². The van der Waals surface area contributed by atoms with Gasteiger partial charge >= 0.3 is 0 Å². The Balaban J connectivity index is 1.30. The molecule has 6 aromatic carbocycles. The number of nitrogens with zero attached hydrogens (tertiary/aromatic N) is 4. The second kappa shape index (κ2) is 12.1. The maximum atomic E-state index is 6.90. The molecule has 0 atom stereocenters. The van der Waals surface area contributed by atoms with Gasteiger partial charge in [-0.1, -0.05) is 115 Å². The van der Waals surface area contributed by atoms with Gasteiger partial charge in [-0.05, 0) is 88.0 Å². The first-order valence-electron chi connectivity index (χ1n) is 19.3. The van der Waals surface area contributed by atoms with E-state index in [2.05, 4.69) is 156 Å². The molecular formula is C49H42N4O2. The van der Waals surface area contributed by atoms with Crippen LogP contribution in [0.1, 0.15) is 77.3 Å². The summed E-state index contributed by atoms with van der Waals surface area (Å²) in [4.78, 5) is 15.5. The lowest BCUT2D eigenvalue weighted by molar-refractivity contribution is 0.412. The second-order valence-electron chi connectivity index (χ2n) is 16.5. The van der Waals surface area contributed by atoms with E-state index in [0.29, 0.717) is 11.5 Å². The van der Waals surface area contributed by atoms with Crippen LogP contribution in [-0.4, -0.2) is 19.5 Å². The molecular weight excluding hydrogens is 677 g/mol. The molecule has 0 bridgehead atoms. The lowest BCUT2D eigenvalue weighted by atomic mass is 9.88. The van der Waals surface area contributed by atoms with Gasteiger partial charge in [-0.25, -0.2) is 15.0 Å². The summed E-state index contributed by atoms with van der Waals surface area (Å²) in [7, 11) is 0. The summed E-state index contributed by atoms with van der Waals surface area (Å²) in [5.41, 5.74) is 13.5. The second-order valence-corrected chi connectivity index (χ2v) is 16.5. The Morgan fingerprint density at radius 2 is 1.25 bits per heavy atom. The Bertz CT molecular complexity index is 3110. The number of benzene rings is 6. The zero-order chi connectivity index (χ0) is 37.7. The molecule has 10 aromatic rings. The number of rotatable bonds is 5. The number of hydrogen-bond donors (Lipinski definition) is 0. The highest BCUT2D eigenvalue weighted by Gasteiger charge is 2.27. The quantitative estimate of drug-likeness (QED) is 0.177. The Morgan fingerprint density at radius 1 is 0.564 bits per heavy atom. The molecule has 6 nitrogen and oxygen atoms in total. The van der Waals surface area contributed by atoms with Crippen molar-refractivity contribution in [2.24, 2.45) is 0 Å². The van der Waals surface area contributed by atoms with Crippen molar-refractivity contribution in [2.75, 3.05) is 0 Å². The predicted molar refractivity (Wildman–Crippen MR) is 226 cm³/mol. The van der Waals surface area contributed by atoms with Crippen molar-refractivity contribution < 1.29 is 8.83 Å². The highest BCUT2D eigenvalue weighted by atomic mass is 16.4. The summed E-state index contributed by atoms with van der Waals surface area (Å²) < 4.78 is 15.7. The van der Waals surface area contributed by atoms with Crippen molar-refractivity contribution in [3.8, 4) is 28.2 Å². The number of imidazole rings is 1. The summed E-state index contributed by atoms with van der Waals surface area (Å²) in [6.07, 6.45) is 0. The van der Waals surface area contributed by atoms with Crippen LogP contribution in [0.5, 0.6) is 0 Å². The van der Waals surface area contributed by atoms with Crippen LogP contribution >= 0.6 is 0 Å². The molecule has 4 heterocycles. The van der Waals surface area contributed by atoms with Gasteiger partial charge in [-0.3, -0.25) is 4.57 Å². The molecule has 0 aliphatic carbocycles. The molecule has 0 aliphatic heterocycles. The van der Waals surface area contributed by atoms with Crippen molar-refractivity contribution in [1.29, 1.82) is 0 Å². The van der Waals surface area contributed by atoms with Crippen LogP contribution in [0.15, 0.2) is 124 Å². The smallest absolute Gasteiger partial charge is 0.200 e. The molecule has 6 heteroatoms. The number of para-hydroxylation sites is 1. The first-order valence-corrected chi connectivity index (χ1v) is 19.3. The Labute approximate surface area is 319 Å². The average Bonchev–Trinajstić information content (AvgIpc) is 3.90. The normalized spacial score (nSPS) is 12.6. The van der Waals surface area contributed by atoms with Crippen molar-refractivity contribution in [1.82, 2.24) is 19.5 Å². The van der Waals surface area contributed by atoms with E-state index < -0.39 is 0 Å². The molecule has 0 spiro atoms. The molecule has 0 N–H and O–H groups in total. The lowest BCUT2D eigenvalue weighted by Crippen LogP contribution is -2.10. The standard InChI is InChI=1S/C49H42N4O2/c1-27(2)35-24-31(29-14-9-8-10-15-29)25-36(28(3)4)43(35)53-44-32-17-12-11-16-30(32)20-21-39(44)51-47(53)34-19-13-18-33-42-41(54-45(33)34)26-37-38(50-42)22-23-40-46(37)55-48(52-40)49(5,6)7/h8-28H,1-7H3. The van der Waals surface area contributed by atoms with Crippen molar-refractivity contribution >= 4 is 65.9 Å². The van der Waals surface area contributed by atoms with Gasteiger partial charge in [0, 0.05) is 21.6 Å². The van der Waals surface area contributed by atoms with Crippen LogP contribution in [0.3, 0.4) is 0 Å². The number of pyridine rings is 1. The lowest BCUT2D eigenvalue weighted by Gasteiger charge is -2.24. The number of aromatic nitrogens is 4. The van der Waals surface area contributed by atoms with E-state index in [4.69, 9.17) is 23.8 Å². The minimum Gasteiger partial charge on any atom is -0.454 e. The van der Waals surface area contributed by atoms with E-state index in [1.165, 1.54) is 33.3 Å². The van der Waals surface area contributed by atoms with Crippen LogP contribution in [0.25, 0.3) is 94.1 Å². The first kappa shape index (κ1) is 33.3. The molecule has 10 rings (SSSR count). The molecule has 0 amide bonds. The summed E-state index contributed by atoms with van der Waals surface area (Å²) in [6, 6.07) is 40.9. The molecule has 0 unspecified atom stereocenters. The molecule has 270 valence electrons. The third kappa shape index (κ3) is 5.19. The zero-order valence-electron chi connectivity index (χ0n) is 32.2. The van der Waals surface area contributed by atoms with Crippen LogP contribution in [0.4, 0.5) is 0 Å². The fourth-order valence-corrected chi connectivity index (χ4v) is 8.18. The maximum absolute atomic E-state index is 6.90. The van der Waals surface area contributed by atoms with Crippen LogP contribution in [0.2, 0.25) is 0 Å². The van der Waals surface area contributed by atoms with E-state index in [1.807, 2.05) is 12.1 Å². The Morgan fingerprint density at radius 3 is 2.00 bits per heavy atom. The fourth-order valence-electron chi connectivity index (χ4n) is 8.18. The molecule has 0 aliphatic rings. The van der Waals surface area contributed by atoms with Gasteiger partial charge < -0.3 is 8.83 Å². The van der Waals surface area contributed by atoms with E-state index in [-0.39, 0.29) is 17.3 Å². The molecule has 4 aromatic heterocycles. The highest BCUT2D eigenvalue weighted by Crippen LogP contribution is 2.44. The molecule has 0 radical (unpaired) electrons. The molecule has 0 saturated carbocycles. The van der Waals surface area contributed by atoms with E-state index >= 15 is 0 Å². The highest BCUT2D eigenvalue weighted by molar-refractivity contribution is 6.14. The van der Waals surface area contributed by atoms with Crippen LogP contribution in [-0.2, 0) is 5.41 Å². The SMILES string of the molecule is CC(C)c1cc(-c2ccccc2)cc(C(C)C)c1-n1c(-c2cccc3c2oc2cc4c(ccc5nc(C(C)(C)C)oc54)nc23)nc2ccc3ccccc3c21. The molecule has 55 heavy (non-hydrogen) atoms. The van der Waals surface area contributed by atoms with Gasteiger partial charge in [0.05, 0.1) is 27.8 Å². The number of hydrogen-bond acceptors (Lipinski definition) is 5. The third-order valence-corrected chi connectivity index (χ3v) is 11.0. The third-order valence-electron chi connectivity index (χ3n) is 11.0. The zero-order valence-corrected chi connectivity index (χ0v) is 32.2. The largest absolute Gasteiger partial charge is 0.454 e. The van der Waals surface area contributed by atoms with Gasteiger partial charge in [-0.2, -0.15) is 0 Å². The maximum Gasteiger partial charge on any atom is 0.200 e. The van der Waals surface area contributed by atoms with E-state index in [1.54, 1.807) is 0 Å². The van der Waals surface area contributed by atoms with Gasteiger partial charge in [-0.15, -0.1) is 0 Å². The topological polar surface area (TPSA) is 69.9 Å². The number of furan rings is 1. The number of fused-ring (bicyclic) bond motifs is 9. The average molecular weight is 719 g/mol. The monoisotopic (exact) mass is 718 g/mol. The minimum absolute atomic E-state index is 0.222. The van der Waals surface area contributed by atoms with Crippen LogP contribution in [0, 0.1) is 0 Å². The van der Waals surface area contributed by atoms with Crippen molar-refractivity contribution in [3.63, 3.8) is 0 Å². The Kier molecular flexibility index (Phi) is 7.34. The summed E-state index contributed by atoms with van der Waals surface area (Å²) in [6.45, 7) is 15.5. The van der Waals surface area contributed by atoms with Gasteiger partial charge in [0.25, 0.3) is 0 Å². The number of oxazole rings is 1. The molecule has 0 fully saturated rings. The summed E-state index contributed by atoms with van der Waals surface area (Å²) in [5, 5.41) is 4.16. The van der Waals surface area contributed by atoms with Crippen molar-refractivity contribution in [2.45, 2.75) is 65.7 Å². The van der Waals surface area contributed by atoms with E-state index in [9.17, 15) is 0 Å². The molecule has 0 saturated heterocycles. The minimum atomic E-state index is -0.222. The van der Waals surface area contributed by atoms with Gasteiger partial charge in [0.1, 0.15) is 22.4 Å². The summed E-state index contributed by atoms with van der Waals surface area (Å²) >= 11 is 0. The first-order chi connectivity index (χ1) is 26.5. The summed E-state index contributed by atoms with van der Waals surface area (Å²) in [5.74, 6) is 2.01. The predicted octanol–water partition coefficient (Wildman–Crippen LogP) is 13.6. The van der Waals surface area contributed by atoms with E-state index in [0.717, 1.165) is 66.3 Å². The Hall–Kier alpha value is -6.27.